The van der Waals surface area contributed by atoms with Crippen LogP contribution in [0.4, 0.5) is 26.3 Å². The molecule has 1 rings (SSSR count). The van der Waals surface area contributed by atoms with Crippen molar-refractivity contribution in [2.45, 2.75) is 12.1 Å². The molecular formula is C6H2F6N2. The van der Waals surface area contributed by atoms with Gasteiger partial charge in [0.15, 0.2) is 5.69 Å². The minimum absolute atomic E-state index is 0.554. The average molecular weight is 216 g/mol. The summed E-state index contributed by atoms with van der Waals surface area (Å²) in [6.07, 6.45) is -4.66. The molecule has 0 aromatic carbocycles. The van der Waals surface area contributed by atoms with E-state index in [9.17, 15) is 26.3 Å². The Balaban J connectivity index is 3.23. The molecule has 0 aliphatic rings. The van der Waals surface area contributed by atoms with E-state index in [2.05, 4.69) is 9.97 Å². The smallest absolute Gasteiger partial charge is 0.248 e. The van der Waals surface area contributed by atoms with Crippen molar-refractivity contribution in [3.8, 4) is 0 Å². The number of hydrogen-bond donors (Lipinski definition) is 0. The van der Waals surface area contributed by atoms with Gasteiger partial charge in [0.05, 0.1) is 0 Å². The Morgan fingerprint density at radius 2 is 1.43 bits per heavy atom. The van der Waals surface area contributed by atoms with Crippen molar-refractivity contribution in [2.24, 2.45) is 0 Å². The van der Waals surface area contributed by atoms with Gasteiger partial charge in [-0.3, -0.25) is 0 Å². The highest BCUT2D eigenvalue weighted by molar-refractivity contribution is 5.08. The first kappa shape index (κ1) is 10.7. The number of hydrogen-bond acceptors (Lipinski definition) is 2. The summed E-state index contributed by atoms with van der Waals surface area (Å²) >= 11 is 0. The summed E-state index contributed by atoms with van der Waals surface area (Å²) in [6, 6.07) is 0. The van der Waals surface area contributed by atoms with Gasteiger partial charge in [0.1, 0.15) is 0 Å². The molecule has 1 heterocycles. The lowest BCUT2D eigenvalue weighted by atomic mass is 10.2. The third-order valence-electron chi connectivity index (χ3n) is 1.31. The zero-order chi connectivity index (χ0) is 11.0. The van der Waals surface area contributed by atoms with Gasteiger partial charge in [0, 0.05) is 12.4 Å². The second-order valence-electron chi connectivity index (χ2n) is 2.27. The van der Waals surface area contributed by atoms with Gasteiger partial charge in [-0.25, -0.2) is 9.97 Å². The largest absolute Gasteiger partial charge is 0.459 e. The third-order valence-corrected chi connectivity index (χ3v) is 1.31. The molecule has 0 aliphatic heterocycles. The zero-order valence-corrected chi connectivity index (χ0v) is 6.32. The van der Waals surface area contributed by atoms with Gasteiger partial charge in [-0.05, 0) is 0 Å². The molecule has 0 fully saturated rings. The molecule has 0 unspecified atom stereocenters. The van der Waals surface area contributed by atoms with Crippen LogP contribution in [-0.4, -0.2) is 16.1 Å². The standard InChI is InChI=1S/C6H2F6N2/c7-4-3(13-1-2-14-4)5(8,9)6(10,11)12/h1-2H. The van der Waals surface area contributed by atoms with Crippen LogP contribution in [0.3, 0.4) is 0 Å². The average Bonchev–Trinajstić information content (AvgIpc) is 2.02. The Bertz CT molecular complexity index is 333. The van der Waals surface area contributed by atoms with E-state index in [0.29, 0.717) is 12.4 Å². The maximum Gasteiger partial charge on any atom is 0.459 e. The molecule has 14 heavy (non-hydrogen) atoms. The lowest BCUT2D eigenvalue weighted by molar-refractivity contribution is -0.292. The molecule has 78 valence electrons. The van der Waals surface area contributed by atoms with Crippen molar-refractivity contribution in [2.75, 3.05) is 0 Å². The molecule has 0 bridgehead atoms. The number of aromatic nitrogens is 2. The molecular weight excluding hydrogens is 214 g/mol. The summed E-state index contributed by atoms with van der Waals surface area (Å²) in [5.74, 6) is -7.26. The fourth-order valence-electron chi connectivity index (χ4n) is 0.666. The van der Waals surface area contributed by atoms with Crippen LogP contribution >= 0.6 is 0 Å². The van der Waals surface area contributed by atoms with E-state index in [-0.39, 0.29) is 0 Å². The summed E-state index contributed by atoms with van der Waals surface area (Å²) in [5.41, 5.74) is -2.02. The number of alkyl halides is 5. The molecule has 0 N–H and O–H groups in total. The first-order chi connectivity index (χ1) is 6.27. The minimum Gasteiger partial charge on any atom is -0.248 e. The van der Waals surface area contributed by atoms with E-state index in [1.807, 2.05) is 0 Å². The van der Waals surface area contributed by atoms with Gasteiger partial charge < -0.3 is 0 Å². The van der Waals surface area contributed by atoms with Crippen molar-refractivity contribution >= 4 is 0 Å². The van der Waals surface area contributed by atoms with Crippen LogP contribution in [0.5, 0.6) is 0 Å². The molecule has 1 aromatic rings. The Hall–Kier alpha value is -1.34. The molecule has 0 saturated carbocycles. The highest BCUT2D eigenvalue weighted by Crippen LogP contribution is 2.43. The fourth-order valence-corrected chi connectivity index (χ4v) is 0.666. The molecule has 0 atom stereocenters. The van der Waals surface area contributed by atoms with Crippen LogP contribution in [0.25, 0.3) is 0 Å². The molecule has 0 radical (unpaired) electrons. The SMILES string of the molecule is Fc1nccnc1C(F)(F)C(F)(F)F. The Kier molecular flexibility index (Phi) is 2.38. The quantitative estimate of drug-likeness (QED) is 0.673. The third kappa shape index (κ3) is 1.64. The molecule has 1 aromatic heterocycles. The number of nitrogens with zero attached hydrogens (tertiary/aromatic N) is 2. The van der Waals surface area contributed by atoms with Crippen LogP contribution in [-0.2, 0) is 5.92 Å². The van der Waals surface area contributed by atoms with Gasteiger partial charge in [-0.1, -0.05) is 0 Å². The zero-order valence-electron chi connectivity index (χ0n) is 6.32. The summed E-state index contributed by atoms with van der Waals surface area (Å²) in [5, 5.41) is 0. The van der Waals surface area contributed by atoms with Gasteiger partial charge in [0.2, 0.25) is 5.95 Å². The van der Waals surface area contributed by atoms with Crippen LogP contribution in [0.15, 0.2) is 12.4 Å². The Labute approximate surface area is 73.6 Å². The fraction of sp³-hybridized carbons (Fsp3) is 0.333. The summed E-state index contributed by atoms with van der Waals surface area (Å²) in [6.45, 7) is 0. The molecule has 0 spiro atoms. The van der Waals surface area contributed by atoms with Crippen molar-refractivity contribution in [3.63, 3.8) is 0 Å². The van der Waals surface area contributed by atoms with Crippen LogP contribution < -0.4 is 0 Å². The Morgan fingerprint density at radius 1 is 0.929 bits per heavy atom. The second-order valence-corrected chi connectivity index (χ2v) is 2.27. The van der Waals surface area contributed by atoms with Crippen molar-refractivity contribution in [1.82, 2.24) is 9.97 Å². The predicted octanol–water partition coefficient (Wildman–Crippen LogP) is 2.27. The van der Waals surface area contributed by atoms with Gasteiger partial charge in [-0.2, -0.15) is 26.3 Å². The Morgan fingerprint density at radius 3 is 1.86 bits per heavy atom. The summed E-state index contributed by atoms with van der Waals surface area (Å²) in [7, 11) is 0. The molecule has 2 nitrogen and oxygen atoms in total. The van der Waals surface area contributed by atoms with E-state index in [1.54, 1.807) is 0 Å². The van der Waals surface area contributed by atoms with Crippen molar-refractivity contribution in [1.29, 1.82) is 0 Å². The molecule has 0 aliphatic carbocycles. The van der Waals surface area contributed by atoms with Gasteiger partial charge in [0.25, 0.3) is 0 Å². The van der Waals surface area contributed by atoms with E-state index in [4.69, 9.17) is 0 Å². The second kappa shape index (κ2) is 3.10. The summed E-state index contributed by atoms with van der Waals surface area (Å²) < 4.78 is 72.5. The van der Waals surface area contributed by atoms with Gasteiger partial charge in [-0.15, -0.1) is 0 Å². The minimum atomic E-state index is -5.89. The lowest BCUT2D eigenvalue weighted by Crippen LogP contribution is -2.35. The highest BCUT2D eigenvalue weighted by Gasteiger charge is 2.61. The van der Waals surface area contributed by atoms with E-state index >= 15 is 0 Å². The normalized spacial score (nSPS) is 13.0. The monoisotopic (exact) mass is 216 g/mol. The number of rotatable bonds is 1. The van der Waals surface area contributed by atoms with E-state index < -0.39 is 23.7 Å². The molecule has 0 saturated heterocycles. The highest BCUT2D eigenvalue weighted by atomic mass is 19.4. The maximum atomic E-state index is 12.5. The van der Waals surface area contributed by atoms with Crippen LogP contribution in [0.2, 0.25) is 0 Å². The molecule has 8 heteroatoms. The summed E-state index contributed by atoms with van der Waals surface area (Å²) in [4.78, 5) is 5.26. The van der Waals surface area contributed by atoms with Crippen LogP contribution in [0.1, 0.15) is 5.69 Å². The first-order valence-electron chi connectivity index (χ1n) is 3.18. The topological polar surface area (TPSA) is 25.8 Å². The van der Waals surface area contributed by atoms with Crippen LogP contribution in [0, 0.1) is 5.95 Å². The molecule has 0 amide bonds. The van der Waals surface area contributed by atoms with Gasteiger partial charge >= 0.3 is 12.1 Å². The van der Waals surface area contributed by atoms with E-state index in [1.165, 1.54) is 0 Å². The van der Waals surface area contributed by atoms with Crippen molar-refractivity contribution in [3.05, 3.63) is 24.0 Å². The number of halogens is 6. The lowest BCUT2D eigenvalue weighted by Gasteiger charge is -2.18. The predicted molar refractivity (Wildman–Crippen MR) is 31.9 cm³/mol. The maximum absolute atomic E-state index is 12.5. The van der Waals surface area contributed by atoms with Crippen molar-refractivity contribution < 1.29 is 26.3 Å². The van der Waals surface area contributed by atoms with E-state index in [0.717, 1.165) is 0 Å². The first-order valence-corrected chi connectivity index (χ1v) is 3.18.